The summed E-state index contributed by atoms with van der Waals surface area (Å²) >= 11 is 0. The van der Waals surface area contributed by atoms with Crippen molar-refractivity contribution in [3.05, 3.63) is 0 Å². The van der Waals surface area contributed by atoms with E-state index in [4.69, 9.17) is 4.74 Å². The Bertz CT molecular complexity index is 288. The van der Waals surface area contributed by atoms with Gasteiger partial charge in [0.05, 0.1) is 12.2 Å². The van der Waals surface area contributed by atoms with Gasteiger partial charge in [-0.2, -0.15) is 0 Å². The fourth-order valence-corrected chi connectivity index (χ4v) is 3.45. The summed E-state index contributed by atoms with van der Waals surface area (Å²) in [5, 5.41) is 13.8. The van der Waals surface area contributed by atoms with Gasteiger partial charge >= 0.3 is 0 Å². The van der Waals surface area contributed by atoms with Gasteiger partial charge in [0.25, 0.3) is 0 Å². The Hall–Kier alpha value is -0.160. The summed E-state index contributed by atoms with van der Waals surface area (Å²) in [7, 11) is 0. The number of ether oxygens (including phenoxy) is 1. The van der Waals surface area contributed by atoms with Crippen LogP contribution in [-0.4, -0.2) is 61.5 Å². The van der Waals surface area contributed by atoms with E-state index < -0.39 is 5.60 Å². The molecule has 2 aliphatic heterocycles. The van der Waals surface area contributed by atoms with Crippen LogP contribution in [0.15, 0.2) is 0 Å². The van der Waals surface area contributed by atoms with Gasteiger partial charge in [0, 0.05) is 31.7 Å². The van der Waals surface area contributed by atoms with Gasteiger partial charge in [-0.05, 0) is 52.1 Å². The van der Waals surface area contributed by atoms with Crippen LogP contribution in [0.2, 0.25) is 0 Å². The summed E-state index contributed by atoms with van der Waals surface area (Å²) < 4.78 is 5.69. The second-order valence-corrected chi connectivity index (χ2v) is 7.11. The van der Waals surface area contributed by atoms with E-state index in [1.54, 1.807) is 0 Å². The summed E-state index contributed by atoms with van der Waals surface area (Å²) in [5.41, 5.74) is -0.181. The molecule has 2 fully saturated rings. The normalized spacial score (nSPS) is 36.1. The molecular weight excluding hydrogens is 252 g/mol. The molecule has 0 saturated carbocycles. The summed E-state index contributed by atoms with van der Waals surface area (Å²) in [5.74, 6) is 0. The molecule has 0 aliphatic carbocycles. The topological polar surface area (TPSA) is 44.7 Å². The SMILES string of the molecule is CCCNCC1(CN2CCCC(C)(O)CC2)CCOC1. The van der Waals surface area contributed by atoms with E-state index in [9.17, 15) is 5.11 Å². The minimum absolute atomic E-state index is 0.283. The van der Waals surface area contributed by atoms with Gasteiger partial charge in [0.15, 0.2) is 0 Å². The van der Waals surface area contributed by atoms with Gasteiger partial charge < -0.3 is 20.1 Å². The first-order valence-corrected chi connectivity index (χ1v) is 8.29. The van der Waals surface area contributed by atoms with Crippen molar-refractivity contribution >= 4 is 0 Å². The first kappa shape index (κ1) is 16.2. The lowest BCUT2D eigenvalue weighted by atomic mass is 9.86. The van der Waals surface area contributed by atoms with Gasteiger partial charge in [-0.1, -0.05) is 6.92 Å². The van der Waals surface area contributed by atoms with E-state index >= 15 is 0 Å². The predicted molar refractivity (Wildman–Crippen MR) is 81.9 cm³/mol. The molecule has 2 atom stereocenters. The van der Waals surface area contributed by atoms with Crippen LogP contribution in [0.4, 0.5) is 0 Å². The zero-order chi connectivity index (χ0) is 14.5. The van der Waals surface area contributed by atoms with Crippen molar-refractivity contribution in [1.29, 1.82) is 0 Å². The highest BCUT2D eigenvalue weighted by Crippen LogP contribution is 2.31. The van der Waals surface area contributed by atoms with Gasteiger partial charge in [0.2, 0.25) is 0 Å². The summed E-state index contributed by atoms with van der Waals surface area (Å²) in [6.07, 6.45) is 5.28. The molecule has 0 aromatic rings. The fraction of sp³-hybridized carbons (Fsp3) is 1.00. The largest absolute Gasteiger partial charge is 0.390 e. The Morgan fingerprint density at radius 1 is 1.25 bits per heavy atom. The second kappa shape index (κ2) is 7.21. The van der Waals surface area contributed by atoms with Gasteiger partial charge in [-0.15, -0.1) is 0 Å². The van der Waals surface area contributed by atoms with E-state index in [1.165, 1.54) is 6.42 Å². The number of aliphatic hydroxyl groups is 1. The zero-order valence-electron chi connectivity index (χ0n) is 13.3. The van der Waals surface area contributed by atoms with Crippen molar-refractivity contribution in [2.45, 2.75) is 51.6 Å². The Morgan fingerprint density at radius 3 is 2.80 bits per heavy atom. The Labute approximate surface area is 123 Å². The van der Waals surface area contributed by atoms with E-state index in [0.29, 0.717) is 0 Å². The maximum absolute atomic E-state index is 10.2. The average Bonchev–Trinajstić information content (AvgIpc) is 2.78. The molecule has 0 aromatic heterocycles. The lowest BCUT2D eigenvalue weighted by molar-refractivity contribution is 0.0420. The number of hydrogen-bond acceptors (Lipinski definition) is 4. The first-order valence-electron chi connectivity index (χ1n) is 8.29. The van der Waals surface area contributed by atoms with Crippen LogP contribution in [0.25, 0.3) is 0 Å². The number of likely N-dealkylation sites (tertiary alicyclic amines) is 1. The van der Waals surface area contributed by atoms with Gasteiger partial charge in [0.1, 0.15) is 0 Å². The molecule has 2 saturated heterocycles. The van der Waals surface area contributed by atoms with Crippen molar-refractivity contribution in [2.24, 2.45) is 5.41 Å². The minimum Gasteiger partial charge on any atom is -0.390 e. The third kappa shape index (κ3) is 4.69. The smallest absolute Gasteiger partial charge is 0.0632 e. The highest BCUT2D eigenvalue weighted by atomic mass is 16.5. The standard InChI is InChI=1S/C16H32N2O2/c1-3-8-17-12-16(7-11-20-14-16)13-18-9-4-5-15(2,19)6-10-18/h17,19H,3-14H2,1-2H3. The molecule has 0 amide bonds. The van der Waals surface area contributed by atoms with Crippen LogP contribution in [-0.2, 0) is 4.74 Å². The number of nitrogens with one attached hydrogen (secondary N) is 1. The second-order valence-electron chi connectivity index (χ2n) is 7.11. The molecule has 0 spiro atoms. The lowest BCUT2D eigenvalue weighted by Crippen LogP contribution is -2.45. The summed E-state index contributed by atoms with van der Waals surface area (Å²) in [6, 6.07) is 0. The van der Waals surface area contributed by atoms with Crippen LogP contribution in [0.1, 0.15) is 46.0 Å². The molecule has 0 bridgehead atoms. The Balaban J connectivity index is 1.87. The molecule has 2 rings (SSSR count). The van der Waals surface area contributed by atoms with Gasteiger partial charge in [-0.3, -0.25) is 0 Å². The molecule has 2 aliphatic rings. The zero-order valence-corrected chi connectivity index (χ0v) is 13.3. The van der Waals surface area contributed by atoms with Crippen LogP contribution in [0.3, 0.4) is 0 Å². The van der Waals surface area contributed by atoms with Crippen LogP contribution < -0.4 is 5.32 Å². The summed E-state index contributed by atoms with van der Waals surface area (Å²) in [6.45, 7) is 11.4. The number of nitrogens with zero attached hydrogens (tertiary/aromatic N) is 1. The molecule has 2 unspecified atom stereocenters. The highest BCUT2D eigenvalue weighted by molar-refractivity contribution is 4.90. The molecule has 0 radical (unpaired) electrons. The summed E-state index contributed by atoms with van der Waals surface area (Å²) in [4.78, 5) is 2.55. The Morgan fingerprint density at radius 2 is 2.10 bits per heavy atom. The van der Waals surface area contributed by atoms with Crippen molar-refractivity contribution in [2.75, 3.05) is 45.9 Å². The van der Waals surface area contributed by atoms with E-state index in [0.717, 1.165) is 71.6 Å². The third-order valence-electron chi connectivity index (χ3n) is 4.83. The Kier molecular flexibility index (Phi) is 5.84. The first-order chi connectivity index (χ1) is 9.55. The molecule has 20 heavy (non-hydrogen) atoms. The van der Waals surface area contributed by atoms with E-state index in [2.05, 4.69) is 17.1 Å². The molecule has 4 nitrogen and oxygen atoms in total. The molecule has 4 heteroatoms. The highest BCUT2D eigenvalue weighted by Gasteiger charge is 2.37. The fourth-order valence-electron chi connectivity index (χ4n) is 3.45. The quantitative estimate of drug-likeness (QED) is 0.728. The molecular formula is C16H32N2O2. The van der Waals surface area contributed by atoms with Crippen molar-refractivity contribution < 1.29 is 9.84 Å². The molecule has 118 valence electrons. The predicted octanol–water partition coefficient (Wildman–Crippen LogP) is 1.63. The van der Waals surface area contributed by atoms with Gasteiger partial charge in [-0.25, -0.2) is 0 Å². The molecule has 2 N–H and O–H groups in total. The van der Waals surface area contributed by atoms with Crippen molar-refractivity contribution in [1.82, 2.24) is 10.2 Å². The maximum Gasteiger partial charge on any atom is 0.0632 e. The van der Waals surface area contributed by atoms with Crippen LogP contribution >= 0.6 is 0 Å². The van der Waals surface area contributed by atoms with Crippen molar-refractivity contribution in [3.8, 4) is 0 Å². The number of rotatable bonds is 6. The number of hydrogen-bond donors (Lipinski definition) is 2. The van der Waals surface area contributed by atoms with E-state index in [-0.39, 0.29) is 5.41 Å². The molecule has 2 heterocycles. The molecule has 0 aromatic carbocycles. The van der Waals surface area contributed by atoms with Crippen LogP contribution in [0, 0.1) is 5.41 Å². The van der Waals surface area contributed by atoms with E-state index in [1.807, 2.05) is 6.92 Å². The average molecular weight is 284 g/mol. The minimum atomic E-state index is -0.464. The maximum atomic E-state index is 10.2. The monoisotopic (exact) mass is 284 g/mol. The third-order valence-corrected chi connectivity index (χ3v) is 4.83. The van der Waals surface area contributed by atoms with Crippen molar-refractivity contribution in [3.63, 3.8) is 0 Å². The van der Waals surface area contributed by atoms with Crippen LogP contribution in [0.5, 0.6) is 0 Å². The lowest BCUT2D eigenvalue weighted by Gasteiger charge is -2.34.